The number of nitrogens with one attached hydrogen (secondary N) is 1. The van der Waals surface area contributed by atoms with Crippen molar-refractivity contribution < 1.29 is 13.9 Å². The number of ether oxygens (including phenoxy) is 1. The maximum Gasteiger partial charge on any atom is 0.255 e. The number of aromatic nitrogens is 2. The van der Waals surface area contributed by atoms with Crippen LogP contribution < -0.4 is 10.1 Å². The first kappa shape index (κ1) is 20.8. The van der Waals surface area contributed by atoms with Gasteiger partial charge in [-0.3, -0.25) is 9.48 Å². The Morgan fingerprint density at radius 1 is 1.03 bits per heavy atom. The second-order valence-corrected chi connectivity index (χ2v) is 7.87. The Morgan fingerprint density at radius 2 is 1.84 bits per heavy atom. The van der Waals surface area contributed by atoms with Crippen LogP contribution in [0.3, 0.4) is 0 Å². The van der Waals surface area contributed by atoms with Gasteiger partial charge in [0.25, 0.3) is 5.91 Å². The SMILES string of the molecule is O=C(Nc1cnn(Cc2ccc(F)cc2)c1)c1cccc(COc2cccc(Br)c2)c1. The Hall–Kier alpha value is -3.45. The number of carbonyl (C=O) groups excluding carboxylic acids is 1. The Kier molecular flexibility index (Phi) is 6.43. The zero-order valence-corrected chi connectivity index (χ0v) is 18.0. The first-order valence-electron chi connectivity index (χ1n) is 9.61. The quantitative estimate of drug-likeness (QED) is 0.371. The number of benzene rings is 3. The minimum absolute atomic E-state index is 0.231. The summed E-state index contributed by atoms with van der Waals surface area (Å²) < 4.78 is 21.5. The van der Waals surface area contributed by atoms with Gasteiger partial charge >= 0.3 is 0 Å². The van der Waals surface area contributed by atoms with Gasteiger partial charge in [-0.05, 0) is 53.6 Å². The summed E-state index contributed by atoms with van der Waals surface area (Å²) >= 11 is 3.42. The summed E-state index contributed by atoms with van der Waals surface area (Å²) in [4.78, 5) is 12.7. The monoisotopic (exact) mass is 479 g/mol. The van der Waals surface area contributed by atoms with Crippen LogP contribution in [-0.4, -0.2) is 15.7 Å². The van der Waals surface area contributed by atoms with Gasteiger partial charge < -0.3 is 10.1 Å². The number of anilines is 1. The molecule has 1 amide bonds. The van der Waals surface area contributed by atoms with Crippen LogP contribution in [0.15, 0.2) is 89.7 Å². The predicted octanol–water partition coefficient (Wildman–Crippen LogP) is 5.66. The lowest BCUT2D eigenvalue weighted by atomic mass is 10.1. The van der Waals surface area contributed by atoms with Crippen molar-refractivity contribution in [3.05, 3.63) is 112 Å². The van der Waals surface area contributed by atoms with E-state index < -0.39 is 0 Å². The van der Waals surface area contributed by atoms with E-state index in [0.717, 1.165) is 21.3 Å². The van der Waals surface area contributed by atoms with Crippen molar-refractivity contribution in [1.82, 2.24) is 9.78 Å². The van der Waals surface area contributed by atoms with Crippen LogP contribution in [-0.2, 0) is 13.2 Å². The number of nitrogens with zero attached hydrogens (tertiary/aromatic N) is 2. The van der Waals surface area contributed by atoms with Crippen LogP contribution >= 0.6 is 15.9 Å². The number of halogens is 2. The zero-order chi connectivity index (χ0) is 21.6. The molecule has 1 aromatic heterocycles. The summed E-state index contributed by atoms with van der Waals surface area (Å²) in [6, 6.07) is 21.1. The number of hydrogen-bond donors (Lipinski definition) is 1. The van der Waals surface area contributed by atoms with E-state index in [1.807, 2.05) is 36.4 Å². The average Bonchev–Trinajstić information content (AvgIpc) is 3.21. The Morgan fingerprint density at radius 3 is 2.65 bits per heavy atom. The molecular weight excluding hydrogens is 461 g/mol. The van der Waals surface area contributed by atoms with Crippen molar-refractivity contribution in [3.8, 4) is 5.75 Å². The molecule has 0 spiro atoms. The molecule has 31 heavy (non-hydrogen) atoms. The Bertz CT molecular complexity index is 1190. The molecule has 0 aliphatic carbocycles. The van der Waals surface area contributed by atoms with E-state index in [4.69, 9.17) is 4.74 Å². The first-order chi connectivity index (χ1) is 15.0. The molecule has 0 atom stereocenters. The molecule has 0 saturated heterocycles. The normalized spacial score (nSPS) is 10.6. The van der Waals surface area contributed by atoms with Gasteiger partial charge in [-0.25, -0.2) is 4.39 Å². The molecule has 0 fully saturated rings. The van der Waals surface area contributed by atoms with Crippen molar-refractivity contribution in [2.45, 2.75) is 13.2 Å². The van der Waals surface area contributed by atoms with E-state index >= 15 is 0 Å². The minimum atomic E-state index is -0.276. The fourth-order valence-electron chi connectivity index (χ4n) is 3.02. The molecule has 0 bridgehead atoms. The van der Waals surface area contributed by atoms with Crippen LogP contribution in [0.2, 0.25) is 0 Å². The van der Waals surface area contributed by atoms with Gasteiger partial charge in [0.2, 0.25) is 0 Å². The molecule has 4 rings (SSSR count). The lowest BCUT2D eigenvalue weighted by Crippen LogP contribution is -2.12. The highest BCUT2D eigenvalue weighted by Gasteiger charge is 2.09. The summed E-state index contributed by atoms with van der Waals surface area (Å²) in [5.41, 5.74) is 2.92. The Labute approximate surface area is 187 Å². The van der Waals surface area contributed by atoms with Gasteiger partial charge in [0.05, 0.1) is 18.4 Å². The van der Waals surface area contributed by atoms with Crippen molar-refractivity contribution >= 4 is 27.5 Å². The summed E-state index contributed by atoms with van der Waals surface area (Å²) in [7, 11) is 0. The van der Waals surface area contributed by atoms with Crippen molar-refractivity contribution in [2.75, 3.05) is 5.32 Å². The topological polar surface area (TPSA) is 56.2 Å². The maximum absolute atomic E-state index is 13.0. The van der Waals surface area contributed by atoms with Crippen molar-refractivity contribution in [2.24, 2.45) is 0 Å². The number of hydrogen-bond acceptors (Lipinski definition) is 3. The summed E-state index contributed by atoms with van der Waals surface area (Å²) in [6.45, 7) is 0.839. The van der Waals surface area contributed by atoms with Gasteiger partial charge in [-0.15, -0.1) is 0 Å². The lowest BCUT2D eigenvalue weighted by Gasteiger charge is -2.08. The molecule has 0 aliphatic heterocycles. The predicted molar refractivity (Wildman–Crippen MR) is 121 cm³/mol. The molecule has 0 saturated carbocycles. The largest absolute Gasteiger partial charge is 0.489 e. The summed E-state index contributed by atoms with van der Waals surface area (Å²) in [6.07, 6.45) is 3.32. The highest BCUT2D eigenvalue weighted by atomic mass is 79.9. The molecule has 7 heteroatoms. The first-order valence-corrected chi connectivity index (χ1v) is 10.4. The average molecular weight is 480 g/mol. The molecule has 156 valence electrons. The third kappa shape index (κ3) is 5.79. The summed E-state index contributed by atoms with van der Waals surface area (Å²) in [5, 5.41) is 7.11. The maximum atomic E-state index is 13.0. The van der Waals surface area contributed by atoms with Crippen LogP contribution in [0.25, 0.3) is 0 Å². The second kappa shape index (κ2) is 9.57. The summed E-state index contributed by atoms with van der Waals surface area (Å²) in [5.74, 6) is 0.241. The standard InChI is InChI=1S/C24H19BrFN3O2/c25-20-5-2-6-23(12-20)31-16-18-3-1-4-19(11-18)24(30)28-22-13-27-29(15-22)14-17-7-9-21(26)10-8-17/h1-13,15H,14,16H2,(H,28,30). The highest BCUT2D eigenvalue weighted by molar-refractivity contribution is 9.10. The third-order valence-electron chi connectivity index (χ3n) is 4.54. The second-order valence-electron chi connectivity index (χ2n) is 6.95. The number of carbonyl (C=O) groups is 1. The van der Waals surface area contributed by atoms with Crippen LogP contribution in [0.1, 0.15) is 21.5 Å². The van der Waals surface area contributed by atoms with Crippen LogP contribution in [0.4, 0.5) is 10.1 Å². The molecule has 0 unspecified atom stereocenters. The molecule has 5 nitrogen and oxygen atoms in total. The van der Waals surface area contributed by atoms with Gasteiger partial charge in [0.1, 0.15) is 18.2 Å². The van der Waals surface area contributed by atoms with Crippen molar-refractivity contribution in [1.29, 1.82) is 0 Å². The minimum Gasteiger partial charge on any atom is -0.489 e. The molecule has 4 aromatic rings. The zero-order valence-electron chi connectivity index (χ0n) is 16.5. The van der Waals surface area contributed by atoms with Gasteiger partial charge in [0, 0.05) is 16.2 Å². The highest BCUT2D eigenvalue weighted by Crippen LogP contribution is 2.19. The molecule has 1 heterocycles. The van der Waals surface area contributed by atoms with Crippen molar-refractivity contribution in [3.63, 3.8) is 0 Å². The van der Waals surface area contributed by atoms with Crippen LogP contribution in [0, 0.1) is 5.82 Å². The fourth-order valence-corrected chi connectivity index (χ4v) is 3.40. The van der Waals surface area contributed by atoms with E-state index in [1.165, 1.54) is 12.1 Å². The number of rotatable bonds is 7. The molecule has 1 N–H and O–H groups in total. The van der Waals surface area contributed by atoms with E-state index in [1.54, 1.807) is 41.3 Å². The smallest absolute Gasteiger partial charge is 0.255 e. The van der Waals surface area contributed by atoms with Gasteiger partial charge in [-0.2, -0.15) is 5.10 Å². The van der Waals surface area contributed by atoms with E-state index in [9.17, 15) is 9.18 Å². The van der Waals surface area contributed by atoms with E-state index in [-0.39, 0.29) is 11.7 Å². The number of amides is 1. The van der Waals surface area contributed by atoms with Gasteiger partial charge in [-0.1, -0.05) is 46.3 Å². The molecule has 3 aromatic carbocycles. The molecule has 0 aliphatic rings. The van der Waals surface area contributed by atoms with Gasteiger partial charge in [0.15, 0.2) is 0 Å². The van der Waals surface area contributed by atoms with E-state index in [0.29, 0.717) is 24.4 Å². The fraction of sp³-hybridized carbons (Fsp3) is 0.0833. The van der Waals surface area contributed by atoms with E-state index in [2.05, 4.69) is 26.3 Å². The molecule has 0 radical (unpaired) electrons. The lowest BCUT2D eigenvalue weighted by molar-refractivity contribution is 0.102. The molecular formula is C24H19BrFN3O2. The third-order valence-corrected chi connectivity index (χ3v) is 5.03. The Balaban J connectivity index is 1.37. The van der Waals surface area contributed by atoms with Crippen LogP contribution in [0.5, 0.6) is 5.75 Å².